The van der Waals surface area contributed by atoms with Crippen molar-refractivity contribution < 1.29 is 36.6 Å². The number of alkyl halides is 5. The van der Waals surface area contributed by atoms with Crippen LogP contribution >= 0.6 is 11.6 Å². The van der Waals surface area contributed by atoms with Gasteiger partial charge in [-0.1, -0.05) is 17.7 Å². The van der Waals surface area contributed by atoms with Crippen molar-refractivity contribution in [2.45, 2.75) is 18.5 Å². The fourth-order valence-electron chi connectivity index (χ4n) is 1.20. The molecule has 0 aliphatic carbocycles. The highest BCUT2D eigenvalue weighted by Gasteiger charge is 2.58. The molecular weight excluding hydrogens is 311 g/mol. The Hall–Kier alpha value is -1.57. The molecule has 0 atom stereocenters. The van der Waals surface area contributed by atoms with Gasteiger partial charge in [-0.25, -0.2) is 0 Å². The van der Waals surface area contributed by atoms with Gasteiger partial charge in [-0.2, -0.15) is 22.0 Å². The van der Waals surface area contributed by atoms with Crippen LogP contribution < -0.4 is 4.74 Å². The number of carbonyl (C=O) groups is 1. The molecule has 0 bridgehead atoms. The van der Waals surface area contributed by atoms with E-state index in [-0.39, 0.29) is 22.8 Å². The van der Waals surface area contributed by atoms with Gasteiger partial charge in [0, 0.05) is 0 Å². The molecule has 0 unspecified atom stereocenters. The summed E-state index contributed by atoms with van der Waals surface area (Å²) >= 11 is 5.61. The zero-order valence-corrected chi connectivity index (χ0v) is 10.4. The number of benzene rings is 1. The molecule has 0 fully saturated rings. The molecule has 20 heavy (non-hydrogen) atoms. The Kier molecular flexibility index (Phi) is 4.80. The first-order valence-electron chi connectivity index (χ1n) is 5.10. The third-order valence-corrected chi connectivity index (χ3v) is 2.47. The van der Waals surface area contributed by atoms with Gasteiger partial charge in [0.05, 0.1) is 11.4 Å². The summed E-state index contributed by atoms with van der Waals surface area (Å²) in [4.78, 5) is 10.4. The highest BCUT2D eigenvalue weighted by atomic mass is 35.5. The van der Waals surface area contributed by atoms with E-state index in [1.165, 1.54) is 6.07 Å². The van der Waals surface area contributed by atoms with E-state index in [4.69, 9.17) is 16.7 Å². The Bertz CT molecular complexity index is 501. The number of carboxylic acid groups (broad SMARTS) is 1. The molecule has 1 aromatic carbocycles. The molecule has 112 valence electrons. The van der Waals surface area contributed by atoms with Gasteiger partial charge in [0.1, 0.15) is 5.75 Å². The lowest BCUT2D eigenvalue weighted by atomic mass is 10.1. The van der Waals surface area contributed by atoms with E-state index in [1.54, 1.807) is 0 Å². The summed E-state index contributed by atoms with van der Waals surface area (Å²) in [5.41, 5.74) is 0.262. The van der Waals surface area contributed by atoms with Gasteiger partial charge in [-0.3, -0.25) is 4.79 Å². The maximum absolute atomic E-state index is 12.6. The second-order valence-electron chi connectivity index (χ2n) is 3.83. The fraction of sp³-hybridized carbons (Fsp3) is 0.364. The first-order chi connectivity index (χ1) is 9.03. The lowest BCUT2D eigenvalue weighted by molar-refractivity contribution is -0.290. The molecule has 1 rings (SSSR count). The zero-order chi connectivity index (χ0) is 15.6. The summed E-state index contributed by atoms with van der Waals surface area (Å²) in [6.45, 7) is -1.91. The second-order valence-corrected chi connectivity index (χ2v) is 4.23. The number of hydrogen-bond acceptors (Lipinski definition) is 2. The van der Waals surface area contributed by atoms with Crippen molar-refractivity contribution in [2.24, 2.45) is 0 Å². The lowest BCUT2D eigenvalue weighted by Crippen LogP contribution is -2.41. The molecule has 1 N–H and O–H groups in total. The number of ether oxygens (including phenoxy) is 1. The van der Waals surface area contributed by atoms with Crippen molar-refractivity contribution >= 4 is 17.6 Å². The summed E-state index contributed by atoms with van der Waals surface area (Å²) in [6, 6.07) is 3.37. The number of carboxylic acids is 1. The van der Waals surface area contributed by atoms with E-state index in [1.807, 2.05) is 0 Å². The van der Waals surface area contributed by atoms with Gasteiger partial charge in [0.2, 0.25) is 0 Å². The first kappa shape index (κ1) is 16.5. The van der Waals surface area contributed by atoms with E-state index in [2.05, 4.69) is 4.74 Å². The van der Waals surface area contributed by atoms with Crippen LogP contribution in [0.1, 0.15) is 5.56 Å². The van der Waals surface area contributed by atoms with E-state index < -0.39 is 24.7 Å². The van der Waals surface area contributed by atoms with Gasteiger partial charge in [-0.05, 0) is 17.7 Å². The van der Waals surface area contributed by atoms with Crippen LogP contribution in [0, 0.1) is 0 Å². The van der Waals surface area contributed by atoms with Gasteiger partial charge in [-0.15, -0.1) is 0 Å². The maximum Gasteiger partial charge on any atom is 0.456 e. The molecule has 0 aliphatic heterocycles. The maximum atomic E-state index is 12.6. The van der Waals surface area contributed by atoms with E-state index in [0.29, 0.717) is 0 Å². The van der Waals surface area contributed by atoms with Gasteiger partial charge < -0.3 is 9.84 Å². The van der Waals surface area contributed by atoms with Crippen LogP contribution in [0.5, 0.6) is 5.75 Å². The zero-order valence-electron chi connectivity index (χ0n) is 9.68. The minimum Gasteiger partial charge on any atom is -0.485 e. The molecule has 0 spiro atoms. The standard InChI is InChI=1S/C11H8ClF5O3/c12-7-3-6(4-9(18)19)1-2-8(7)20-5-10(13,14)11(15,16)17/h1-3H,4-5H2,(H,18,19). The molecule has 1 aromatic rings. The second kappa shape index (κ2) is 5.82. The minimum atomic E-state index is -5.72. The van der Waals surface area contributed by atoms with Crippen molar-refractivity contribution in [2.75, 3.05) is 6.61 Å². The Morgan fingerprint density at radius 3 is 2.30 bits per heavy atom. The van der Waals surface area contributed by atoms with Gasteiger partial charge in [0.25, 0.3) is 0 Å². The quantitative estimate of drug-likeness (QED) is 0.845. The molecule has 3 nitrogen and oxygen atoms in total. The topological polar surface area (TPSA) is 46.5 Å². The number of hydrogen-bond donors (Lipinski definition) is 1. The van der Waals surface area contributed by atoms with Crippen LogP contribution in [0.2, 0.25) is 5.02 Å². The molecule has 0 saturated carbocycles. The predicted molar refractivity (Wildman–Crippen MR) is 59.3 cm³/mol. The summed E-state index contributed by atoms with van der Waals surface area (Å²) in [6.07, 6.45) is -6.08. The summed E-state index contributed by atoms with van der Waals surface area (Å²) in [5, 5.41) is 8.28. The van der Waals surface area contributed by atoms with Gasteiger partial charge in [0.15, 0.2) is 6.61 Å². The monoisotopic (exact) mass is 318 g/mol. The lowest BCUT2D eigenvalue weighted by Gasteiger charge is -2.20. The van der Waals surface area contributed by atoms with Crippen LogP contribution in [0.3, 0.4) is 0 Å². The third-order valence-electron chi connectivity index (χ3n) is 2.18. The molecule has 0 radical (unpaired) electrons. The van der Waals surface area contributed by atoms with E-state index in [9.17, 15) is 26.7 Å². The molecule has 0 aliphatic rings. The molecule has 9 heteroatoms. The smallest absolute Gasteiger partial charge is 0.456 e. The van der Waals surface area contributed by atoms with Crippen LogP contribution in [-0.4, -0.2) is 29.8 Å². The van der Waals surface area contributed by atoms with Crippen LogP contribution in [-0.2, 0) is 11.2 Å². The van der Waals surface area contributed by atoms with Crippen molar-refractivity contribution in [1.82, 2.24) is 0 Å². The first-order valence-corrected chi connectivity index (χ1v) is 5.48. The molecular formula is C11H8ClF5O3. The van der Waals surface area contributed by atoms with E-state index >= 15 is 0 Å². The Morgan fingerprint density at radius 1 is 1.25 bits per heavy atom. The van der Waals surface area contributed by atoms with E-state index in [0.717, 1.165) is 12.1 Å². The Labute approximate surface area is 114 Å². The van der Waals surface area contributed by atoms with Crippen LogP contribution in [0.15, 0.2) is 18.2 Å². The average molecular weight is 319 g/mol. The molecule has 0 heterocycles. The summed E-state index contributed by atoms with van der Waals surface area (Å²) < 4.78 is 65.3. The van der Waals surface area contributed by atoms with Crippen LogP contribution in [0.4, 0.5) is 22.0 Å². The third kappa shape index (κ3) is 4.22. The van der Waals surface area contributed by atoms with Crippen LogP contribution in [0.25, 0.3) is 0 Å². The van der Waals surface area contributed by atoms with Crippen molar-refractivity contribution in [3.8, 4) is 5.75 Å². The highest BCUT2D eigenvalue weighted by molar-refractivity contribution is 6.32. The number of rotatable bonds is 5. The van der Waals surface area contributed by atoms with Crippen molar-refractivity contribution in [3.05, 3.63) is 28.8 Å². The SMILES string of the molecule is O=C(O)Cc1ccc(OCC(F)(F)C(F)(F)F)c(Cl)c1. The normalized spacial score (nSPS) is 12.3. The molecule has 0 saturated heterocycles. The summed E-state index contributed by atoms with van der Waals surface area (Å²) in [5.74, 6) is -6.53. The number of aliphatic carboxylic acids is 1. The average Bonchev–Trinajstić information content (AvgIpc) is 2.25. The fourth-order valence-corrected chi connectivity index (χ4v) is 1.45. The largest absolute Gasteiger partial charge is 0.485 e. The predicted octanol–water partition coefficient (Wildman–Crippen LogP) is 3.54. The summed E-state index contributed by atoms with van der Waals surface area (Å²) in [7, 11) is 0. The molecule has 0 aromatic heterocycles. The van der Waals surface area contributed by atoms with Crippen molar-refractivity contribution in [3.63, 3.8) is 0 Å². The van der Waals surface area contributed by atoms with Crippen molar-refractivity contribution in [1.29, 1.82) is 0 Å². The minimum absolute atomic E-state index is 0.248. The molecule has 0 amide bonds. The van der Waals surface area contributed by atoms with Gasteiger partial charge >= 0.3 is 18.1 Å². The number of halogens is 6. The Balaban J connectivity index is 2.77. The Morgan fingerprint density at radius 2 is 1.85 bits per heavy atom. The highest BCUT2D eigenvalue weighted by Crippen LogP contribution is 2.36.